The Bertz CT molecular complexity index is 1030. The minimum atomic E-state index is -1.34. The summed E-state index contributed by atoms with van der Waals surface area (Å²) in [6.07, 6.45) is 5.05. The molecule has 0 atom stereocenters. The van der Waals surface area contributed by atoms with E-state index < -0.39 is 58.7 Å². The second-order valence-electron chi connectivity index (χ2n) is 6.76. The molecule has 2 heterocycles. The van der Waals surface area contributed by atoms with Crippen molar-refractivity contribution in [1.82, 2.24) is 14.9 Å². The number of carbonyl (C=O) groups is 3. The highest BCUT2D eigenvalue weighted by atomic mass is 32.1. The van der Waals surface area contributed by atoms with Crippen LogP contribution in [0.1, 0.15) is 58.9 Å². The van der Waals surface area contributed by atoms with E-state index in [9.17, 15) is 29.4 Å². The largest absolute Gasteiger partial charge is 0.506 e. The van der Waals surface area contributed by atoms with Gasteiger partial charge in [-0.25, -0.2) is 4.98 Å². The third-order valence-corrected chi connectivity index (χ3v) is 5.49. The van der Waals surface area contributed by atoms with Gasteiger partial charge in [-0.05, 0) is 12.8 Å². The van der Waals surface area contributed by atoms with Gasteiger partial charge in [0, 0.05) is 17.6 Å². The lowest BCUT2D eigenvalue weighted by molar-refractivity contribution is -0.135. The van der Waals surface area contributed by atoms with Crippen molar-refractivity contribution in [3.8, 4) is 11.6 Å². The summed E-state index contributed by atoms with van der Waals surface area (Å²) in [7, 11) is 0. The summed E-state index contributed by atoms with van der Waals surface area (Å²) in [5.41, 5.74) is -2.40. The van der Waals surface area contributed by atoms with Crippen LogP contribution in [0.5, 0.6) is 11.6 Å². The number of hydrogen-bond donors (Lipinski definition) is 5. The van der Waals surface area contributed by atoms with Gasteiger partial charge >= 0.3 is 5.97 Å². The van der Waals surface area contributed by atoms with Crippen molar-refractivity contribution in [1.29, 1.82) is 0 Å². The van der Waals surface area contributed by atoms with Crippen LogP contribution in [-0.4, -0.2) is 49.2 Å². The van der Waals surface area contributed by atoms with E-state index in [1.165, 1.54) is 6.20 Å². The number of pyridine rings is 1. The first-order valence-corrected chi connectivity index (χ1v) is 10.1. The number of nitrogens with one attached hydrogen (secondary N) is 2. The Hall–Kier alpha value is -3.41. The number of carboxylic acid groups (broad SMARTS) is 1. The molecule has 30 heavy (non-hydrogen) atoms. The number of amides is 2. The lowest BCUT2D eigenvalue weighted by Crippen LogP contribution is -2.36. The molecule has 0 bridgehead atoms. The van der Waals surface area contributed by atoms with Crippen molar-refractivity contribution in [3.05, 3.63) is 33.1 Å². The van der Waals surface area contributed by atoms with Gasteiger partial charge in [-0.15, -0.1) is 11.3 Å². The molecule has 0 aromatic carbocycles. The SMILES string of the molecule is O=C(O)CNC(=O)c1c(O)c(C(=O)Nc2nccs2)c(=O)n(C2CCCCC2)c1O. The zero-order valence-corrected chi connectivity index (χ0v) is 16.6. The first-order chi connectivity index (χ1) is 14.3. The number of hydrogen-bond acceptors (Lipinski definition) is 8. The van der Waals surface area contributed by atoms with Crippen LogP contribution in [-0.2, 0) is 4.79 Å². The fraction of sp³-hybridized carbons (Fsp3) is 0.389. The second-order valence-corrected chi connectivity index (χ2v) is 7.65. The number of carbonyl (C=O) groups excluding carboxylic acids is 2. The molecular weight excluding hydrogens is 416 g/mol. The first kappa shape index (κ1) is 21.3. The predicted octanol–water partition coefficient (Wildman–Crippen LogP) is 1.29. The van der Waals surface area contributed by atoms with Gasteiger partial charge < -0.3 is 20.6 Å². The van der Waals surface area contributed by atoms with Crippen molar-refractivity contribution >= 4 is 34.3 Å². The number of rotatable bonds is 6. The maximum absolute atomic E-state index is 13.1. The Labute approximate surface area is 174 Å². The molecule has 160 valence electrons. The molecule has 2 aromatic rings. The summed E-state index contributed by atoms with van der Waals surface area (Å²) in [5, 5.41) is 36.1. The molecule has 1 aliphatic carbocycles. The second kappa shape index (κ2) is 8.95. The van der Waals surface area contributed by atoms with E-state index in [0.717, 1.165) is 35.2 Å². The highest BCUT2D eigenvalue weighted by molar-refractivity contribution is 7.13. The predicted molar refractivity (Wildman–Crippen MR) is 106 cm³/mol. The summed E-state index contributed by atoms with van der Waals surface area (Å²) < 4.78 is 0.936. The molecule has 0 radical (unpaired) electrons. The fourth-order valence-electron chi connectivity index (χ4n) is 3.45. The zero-order chi connectivity index (χ0) is 21.8. The molecule has 1 fully saturated rings. The van der Waals surface area contributed by atoms with Gasteiger partial charge in [0.2, 0.25) is 5.88 Å². The smallest absolute Gasteiger partial charge is 0.322 e. The quantitative estimate of drug-likeness (QED) is 0.451. The van der Waals surface area contributed by atoms with E-state index in [1.54, 1.807) is 5.38 Å². The number of thiazole rings is 1. The molecular formula is C18H20N4O7S. The Morgan fingerprint density at radius 2 is 1.83 bits per heavy atom. The summed E-state index contributed by atoms with van der Waals surface area (Å²) in [5.74, 6) is -5.30. The van der Waals surface area contributed by atoms with Crippen LogP contribution in [0, 0.1) is 0 Å². The molecule has 0 aliphatic heterocycles. The maximum Gasteiger partial charge on any atom is 0.322 e. The van der Waals surface area contributed by atoms with E-state index in [1.807, 2.05) is 5.32 Å². The Morgan fingerprint density at radius 1 is 1.13 bits per heavy atom. The summed E-state index contributed by atoms with van der Waals surface area (Å²) >= 11 is 1.09. The van der Waals surface area contributed by atoms with Crippen molar-refractivity contribution in [2.75, 3.05) is 11.9 Å². The molecule has 2 amide bonds. The number of aromatic nitrogens is 2. The summed E-state index contributed by atoms with van der Waals surface area (Å²) in [4.78, 5) is 52.9. The van der Waals surface area contributed by atoms with Gasteiger partial charge in [-0.3, -0.25) is 29.1 Å². The van der Waals surface area contributed by atoms with Crippen molar-refractivity contribution in [3.63, 3.8) is 0 Å². The van der Waals surface area contributed by atoms with E-state index in [4.69, 9.17) is 5.11 Å². The molecule has 1 aliphatic rings. The monoisotopic (exact) mass is 436 g/mol. The molecule has 11 nitrogen and oxygen atoms in total. The average molecular weight is 436 g/mol. The van der Waals surface area contributed by atoms with Gasteiger partial charge in [0.15, 0.2) is 10.9 Å². The standard InChI is InChI=1S/C18H20N4O7S/c23-10(24)8-20-14(26)11-13(25)12(15(27)21-18-19-6-7-30-18)17(29)22(16(11)28)9-4-2-1-3-5-9/h6-7,9,25,28H,1-5,8H2,(H,20,26)(H,23,24)(H,19,21,27). The van der Waals surface area contributed by atoms with Crippen molar-refractivity contribution < 1.29 is 29.7 Å². The molecule has 2 aromatic heterocycles. The molecule has 0 saturated heterocycles. The number of anilines is 1. The Kier molecular flexibility index (Phi) is 6.35. The van der Waals surface area contributed by atoms with Crippen LogP contribution in [0.4, 0.5) is 5.13 Å². The average Bonchev–Trinajstić information content (AvgIpc) is 3.20. The van der Waals surface area contributed by atoms with Crippen LogP contribution >= 0.6 is 11.3 Å². The van der Waals surface area contributed by atoms with Gasteiger partial charge in [0.05, 0.1) is 0 Å². The summed E-state index contributed by atoms with van der Waals surface area (Å²) in [6.45, 7) is -0.777. The number of nitrogens with zero attached hydrogens (tertiary/aromatic N) is 2. The van der Waals surface area contributed by atoms with Gasteiger partial charge in [0.25, 0.3) is 17.4 Å². The fourth-order valence-corrected chi connectivity index (χ4v) is 3.97. The third kappa shape index (κ3) is 4.27. The minimum absolute atomic E-state index is 0.174. The van der Waals surface area contributed by atoms with E-state index in [0.29, 0.717) is 12.8 Å². The lowest BCUT2D eigenvalue weighted by Gasteiger charge is -2.26. The number of carboxylic acids is 1. The molecule has 1 saturated carbocycles. The van der Waals surface area contributed by atoms with Crippen molar-refractivity contribution in [2.24, 2.45) is 0 Å². The first-order valence-electron chi connectivity index (χ1n) is 9.22. The highest BCUT2D eigenvalue weighted by Gasteiger charge is 2.32. The van der Waals surface area contributed by atoms with Crippen LogP contribution in [0.3, 0.4) is 0 Å². The molecule has 0 unspecified atom stereocenters. The molecule has 3 rings (SSSR count). The normalized spacial score (nSPS) is 14.3. The molecule has 5 N–H and O–H groups in total. The van der Waals surface area contributed by atoms with Crippen LogP contribution in [0.15, 0.2) is 16.4 Å². The van der Waals surface area contributed by atoms with Crippen LogP contribution in [0.25, 0.3) is 0 Å². The van der Waals surface area contributed by atoms with E-state index in [2.05, 4.69) is 10.3 Å². The topological polar surface area (TPSA) is 171 Å². The van der Waals surface area contributed by atoms with Gasteiger partial charge in [-0.2, -0.15) is 0 Å². The maximum atomic E-state index is 13.1. The third-order valence-electron chi connectivity index (χ3n) is 4.80. The zero-order valence-electron chi connectivity index (χ0n) is 15.8. The van der Waals surface area contributed by atoms with E-state index in [-0.39, 0.29) is 5.13 Å². The van der Waals surface area contributed by atoms with Crippen molar-refractivity contribution in [2.45, 2.75) is 38.1 Å². The number of aliphatic carboxylic acids is 1. The highest BCUT2D eigenvalue weighted by Crippen LogP contribution is 2.35. The van der Waals surface area contributed by atoms with Gasteiger partial charge in [-0.1, -0.05) is 19.3 Å². The molecule has 0 spiro atoms. The van der Waals surface area contributed by atoms with Gasteiger partial charge in [0.1, 0.15) is 17.7 Å². The van der Waals surface area contributed by atoms with E-state index >= 15 is 0 Å². The summed E-state index contributed by atoms with van der Waals surface area (Å²) in [6, 6.07) is -0.468. The Balaban J connectivity index is 2.13. The lowest BCUT2D eigenvalue weighted by atomic mass is 9.94. The Morgan fingerprint density at radius 3 is 2.43 bits per heavy atom. The van der Waals surface area contributed by atoms with Crippen LogP contribution < -0.4 is 16.2 Å². The van der Waals surface area contributed by atoms with Crippen LogP contribution in [0.2, 0.25) is 0 Å². The minimum Gasteiger partial charge on any atom is -0.506 e. The molecule has 12 heteroatoms. The number of aromatic hydroxyl groups is 2.